The molecule has 0 spiro atoms. The minimum absolute atomic E-state index is 0.257. The Labute approximate surface area is 110 Å². The topological polar surface area (TPSA) is 44.5 Å². The fourth-order valence-corrected chi connectivity index (χ4v) is 2.11. The Hall–Kier alpha value is -1.22. The summed E-state index contributed by atoms with van der Waals surface area (Å²) < 4.78 is 11.1. The zero-order valence-electron chi connectivity index (χ0n) is 12.0. The van der Waals surface area contributed by atoms with E-state index in [9.17, 15) is 0 Å². The number of hydrogen-bond donors (Lipinski definition) is 1. The molecule has 0 unspecified atom stereocenters. The van der Waals surface area contributed by atoms with Gasteiger partial charge < -0.3 is 15.2 Å². The lowest BCUT2D eigenvalue weighted by Crippen LogP contribution is -2.14. The summed E-state index contributed by atoms with van der Waals surface area (Å²) >= 11 is 0. The van der Waals surface area contributed by atoms with Gasteiger partial charge in [-0.05, 0) is 57.2 Å². The summed E-state index contributed by atoms with van der Waals surface area (Å²) in [7, 11) is 1.70. The molecule has 0 fully saturated rings. The van der Waals surface area contributed by atoms with Crippen molar-refractivity contribution in [2.24, 2.45) is 5.73 Å². The Morgan fingerprint density at radius 1 is 1.33 bits per heavy atom. The molecule has 0 aliphatic carbocycles. The van der Waals surface area contributed by atoms with E-state index < -0.39 is 0 Å². The van der Waals surface area contributed by atoms with Crippen LogP contribution in [-0.4, -0.2) is 19.8 Å². The third-order valence-electron chi connectivity index (χ3n) is 2.89. The van der Waals surface area contributed by atoms with Gasteiger partial charge in [0.15, 0.2) is 11.5 Å². The van der Waals surface area contributed by atoms with Crippen LogP contribution in [0.15, 0.2) is 12.1 Å². The van der Waals surface area contributed by atoms with E-state index in [-0.39, 0.29) is 6.04 Å². The number of ether oxygens (including phenoxy) is 2. The largest absolute Gasteiger partial charge is 0.493 e. The van der Waals surface area contributed by atoms with Crippen LogP contribution in [0, 0.1) is 6.92 Å². The monoisotopic (exact) mass is 251 g/mol. The van der Waals surface area contributed by atoms with Gasteiger partial charge in [-0.15, -0.1) is 0 Å². The van der Waals surface area contributed by atoms with Crippen LogP contribution in [0.25, 0.3) is 0 Å². The van der Waals surface area contributed by atoms with Crippen molar-refractivity contribution in [3.63, 3.8) is 0 Å². The quantitative estimate of drug-likeness (QED) is 0.810. The molecule has 0 bridgehead atoms. The Morgan fingerprint density at radius 2 is 2.06 bits per heavy atom. The van der Waals surface area contributed by atoms with E-state index in [1.807, 2.05) is 19.9 Å². The first-order chi connectivity index (χ1) is 8.58. The van der Waals surface area contributed by atoms with E-state index in [1.165, 1.54) is 11.1 Å². The highest BCUT2D eigenvalue weighted by Crippen LogP contribution is 2.33. The van der Waals surface area contributed by atoms with Crippen molar-refractivity contribution in [1.29, 1.82) is 0 Å². The highest BCUT2D eigenvalue weighted by molar-refractivity contribution is 5.49. The maximum absolute atomic E-state index is 5.78. The molecule has 1 aromatic carbocycles. The van der Waals surface area contributed by atoms with Gasteiger partial charge in [0.25, 0.3) is 0 Å². The van der Waals surface area contributed by atoms with Gasteiger partial charge in [0.05, 0.1) is 13.7 Å². The zero-order valence-corrected chi connectivity index (χ0v) is 12.0. The Balaban J connectivity index is 2.87. The van der Waals surface area contributed by atoms with Crippen LogP contribution in [-0.2, 0) is 6.42 Å². The van der Waals surface area contributed by atoms with Gasteiger partial charge in [0, 0.05) is 6.04 Å². The second-order valence-corrected chi connectivity index (χ2v) is 4.76. The van der Waals surface area contributed by atoms with Crippen molar-refractivity contribution in [3.05, 3.63) is 23.3 Å². The molecule has 0 amide bonds. The maximum atomic E-state index is 5.78. The van der Waals surface area contributed by atoms with E-state index >= 15 is 0 Å². The van der Waals surface area contributed by atoms with Crippen molar-refractivity contribution >= 4 is 0 Å². The number of methoxy groups -OCH3 is 1. The van der Waals surface area contributed by atoms with Crippen molar-refractivity contribution < 1.29 is 9.47 Å². The molecule has 3 nitrogen and oxygen atoms in total. The Bertz CT molecular complexity index is 375. The smallest absolute Gasteiger partial charge is 0.163 e. The number of rotatable bonds is 7. The molecule has 2 N–H and O–H groups in total. The van der Waals surface area contributed by atoms with Crippen molar-refractivity contribution in [2.75, 3.05) is 13.7 Å². The molecule has 0 radical (unpaired) electrons. The zero-order chi connectivity index (χ0) is 13.5. The standard InChI is InChI=1S/C15H25NO2/c1-5-18-14-10-11(2)9-13(15(14)17-4)8-6-7-12(3)16/h9-10,12H,5-8,16H2,1-4H3/t12-/m0/s1. The molecule has 102 valence electrons. The molecule has 1 atom stereocenters. The number of aryl methyl sites for hydroxylation is 2. The molecule has 0 aliphatic heterocycles. The molecule has 18 heavy (non-hydrogen) atoms. The third-order valence-corrected chi connectivity index (χ3v) is 2.89. The molecular formula is C15H25NO2. The van der Waals surface area contributed by atoms with Gasteiger partial charge in [0.1, 0.15) is 0 Å². The minimum Gasteiger partial charge on any atom is -0.493 e. The number of nitrogens with two attached hydrogens (primary N) is 1. The molecule has 0 saturated carbocycles. The molecule has 0 saturated heterocycles. The SMILES string of the molecule is CCOc1cc(C)cc(CCC[C@H](C)N)c1OC. The van der Waals surface area contributed by atoms with Gasteiger partial charge in [-0.3, -0.25) is 0 Å². The van der Waals surface area contributed by atoms with Gasteiger partial charge >= 0.3 is 0 Å². The van der Waals surface area contributed by atoms with E-state index in [0.717, 1.165) is 30.8 Å². The normalized spacial score (nSPS) is 12.3. The average molecular weight is 251 g/mol. The van der Waals surface area contributed by atoms with Crippen LogP contribution < -0.4 is 15.2 Å². The molecular weight excluding hydrogens is 226 g/mol. The molecule has 0 heterocycles. The Morgan fingerprint density at radius 3 is 2.61 bits per heavy atom. The lowest BCUT2D eigenvalue weighted by Gasteiger charge is -2.15. The second-order valence-electron chi connectivity index (χ2n) is 4.76. The van der Waals surface area contributed by atoms with Gasteiger partial charge in [-0.2, -0.15) is 0 Å². The van der Waals surface area contributed by atoms with Crippen LogP contribution in [0.1, 0.15) is 37.8 Å². The number of benzene rings is 1. The highest BCUT2D eigenvalue weighted by Gasteiger charge is 2.11. The average Bonchev–Trinajstić information content (AvgIpc) is 2.28. The summed E-state index contributed by atoms with van der Waals surface area (Å²) in [6.07, 6.45) is 3.08. The van der Waals surface area contributed by atoms with Crippen molar-refractivity contribution in [3.8, 4) is 11.5 Å². The van der Waals surface area contributed by atoms with Gasteiger partial charge in [-0.25, -0.2) is 0 Å². The third kappa shape index (κ3) is 4.22. The van der Waals surface area contributed by atoms with E-state index in [0.29, 0.717) is 6.61 Å². The predicted molar refractivity (Wildman–Crippen MR) is 75.5 cm³/mol. The Kier molecular flexibility index (Phi) is 5.99. The first kappa shape index (κ1) is 14.8. The first-order valence-electron chi connectivity index (χ1n) is 6.64. The van der Waals surface area contributed by atoms with Crippen molar-refractivity contribution in [1.82, 2.24) is 0 Å². The number of hydrogen-bond acceptors (Lipinski definition) is 3. The van der Waals surface area contributed by atoms with E-state index in [1.54, 1.807) is 7.11 Å². The van der Waals surface area contributed by atoms with Crippen LogP contribution >= 0.6 is 0 Å². The van der Waals surface area contributed by atoms with Crippen LogP contribution in [0.3, 0.4) is 0 Å². The molecule has 0 aromatic heterocycles. The summed E-state index contributed by atoms with van der Waals surface area (Å²) in [5.41, 5.74) is 8.19. The second kappa shape index (κ2) is 7.27. The predicted octanol–water partition coefficient (Wildman–Crippen LogP) is 3.07. The lowest BCUT2D eigenvalue weighted by atomic mass is 10.0. The summed E-state index contributed by atoms with van der Waals surface area (Å²) in [6.45, 7) is 6.76. The fourth-order valence-electron chi connectivity index (χ4n) is 2.11. The molecule has 3 heteroatoms. The van der Waals surface area contributed by atoms with E-state index in [2.05, 4.69) is 13.0 Å². The van der Waals surface area contributed by atoms with Crippen LogP contribution in [0.5, 0.6) is 11.5 Å². The molecule has 0 aliphatic rings. The maximum Gasteiger partial charge on any atom is 0.163 e. The van der Waals surface area contributed by atoms with Gasteiger partial charge in [-0.1, -0.05) is 6.07 Å². The van der Waals surface area contributed by atoms with Gasteiger partial charge in [0.2, 0.25) is 0 Å². The van der Waals surface area contributed by atoms with Crippen molar-refractivity contribution in [2.45, 2.75) is 46.1 Å². The van der Waals surface area contributed by atoms with Crippen LogP contribution in [0.2, 0.25) is 0 Å². The summed E-state index contributed by atoms with van der Waals surface area (Å²) in [6, 6.07) is 4.45. The summed E-state index contributed by atoms with van der Waals surface area (Å²) in [4.78, 5) is 0. The highest BCUT2D eigenvalue weighted by atomic mass is 16.5. The van der Waals surface area contributed by atoms with E-state index in [4.69, 9.17) is 15.2 Å². The fraction of sp³-hybridized carbons (Fsp3) is 0.600. The molecule has 1 rings (SSSR count). The van der Waals surface area contributed by atoms with Crippen LogP contribution in [0.4, 0.5) is 0 Å². The molecule has 1 aromatic rings. The first-order valence-corrected chi connectivity index (χ1v) is 6.64. The lowest BCUT2D eigenvalue weighted by molar-refractivity contribution is 0.308. The summed E-state index contributed by atoms with van der Waals surface area (Å²) in [5, 5.41) is 0. The summed E-state index contributed by atoms with van der Waals surface area (Å²) in [5.74, 6) is 1.71. The minimum atomic E-state index is 0.257.